The van der Waals surface area contributed by atoms with Crippen LogP contribution in [0.15, 0.2) is 46.2 Å². The van der Waals surface area contributed by atoms with Gasteiger partial charge in [-0.05, 0) is 43.2 Å². The van der Waals surface area contributed by atoms with Crippen molar-refractivity contribution >= 4 is 42.9 Å². The summed E-state index contributed by atoms with van der Waals surface area (Å²) in [6.45, 7) is 0. The number of carbonyl (C=O) groups is 1. The van der Waals surface area contributed by atoms with Crippen LogP contribution in [0.5, 0.6) is 0 Å². The summed E-state index contributed by atoms with van der Waals surface area (Å²) >= 11 is 1.48. The highest BCUT2D eigenvalue weighted by Crippen LogP contribution is 2.52. The largest absolute Gasteiger partial charge is 0.454 e. The molecule has 5 rings (SSSR count). The molecular formula is C21H15N3O4S2. The summed E-state index contributed by atoms with van der Waals surface area (Å²) in [7, 11) is -3.30. The summed E-state index contributed by atoms with van der Waals surface area (Å²) in [5.74, 6) is -0.0399. The van der Waals surface area contributed by atoms with Crippen LogP contribution < -0.4 is 5.32 Å². The van der Waals surface area contributed by atoms with Crippen LogP contribution in [-0.2, 0) is 14.6 Å². The van der Waals surface area contributed by atoms with Gasteiger partial charge in [0, 0.05) is 18.2 Å². The number of amides is 1. The highest BCUT2D eigenvalue weighted by molar-refractivity contribution is 7.91. The molecule has 1 fully saturated rings. The van der Waals surface area contributed by atoms with E-state index in [1.165, 1.54) is 23.7 Å². The van der Waals surface area contributed by atoms with E-state index < -0.39 is 20.5 Å². The molecule has 0 unspecified atom stereocenters. The summed E-state index contributed by atoms with van der Waals surface area (Å²) in [5, 5.41) is 12.6. The van der Waals surface area contributed by atoms with Crippen LogP contribution in [0.2, 0.25) is 0 Å². The fraction of sp³-hybridized carbons (Fsp3) is 0.238. The van der Waals surface area contributed by atoms with Crippen molar-refractivity contribution in [3.05, 3.63) is 63.9 Å². The molecular weight excluding hydrogens is 422 g/mol. The van der Waals surface area contributed by atoms with Crippen LogP contribution in [0.25, 0.3) is 15.8 Å². The Morgan fingerprint density at radius 1 is 1.33 bits per heavy atom. The van der Waals surface area contributed by atoms with Gasteiger partial charge in [0.2, 0.25) is 0 Å². The van der Waals surface area contributed by atoms with Gasteiger partial charge in [-0.15, -0.1) is 11.3 Å². The Labute approximate surface area is 176 Å². The van der Waals surface area contributed by atoms with Crippen LogP contribution in [0.1, 0.15) is 46.1 Å². The van der Waals surface area contributed by atoms with Gasteiger partial charge in [-0.1, -0.05) is 5.73 Å². The molecule has 0 bridgehead atoms. The molecule has 0 atom stereocenters. The second-order valence-corrected chi connectivity index (χ2v) is 10.8. The number of nitrogens with zero attached hydrogens (tertiary/aromatic N) is 2. The van der Waals surface area contributed by atoms with Crippen molar-refractivity contribution in [2.75, 3.05) is 6.26 Å². The van der Waals surface area contributed by atoms with Crippen LogP contribution in [0.3, 0.4) is 0 Å². The second kappa shape index (κ2) is 6.41. The van der Waals surface area contributed by atoms with E-state index in [-0.39, 0.29) is 5.76 Å². The van der Waals surface area contributed by atoms with Crippen LogP contribution in [-0.4, -0.2) is 25.6 Å². The van der Waals surface area contributed by atoms with Crippen molar-refractivity contribution < 1.29 is 17.6 Å². The molecule has 0 saturated heterocycles. The number of carbonyl (C=O) groups excluding carboxylic acids is 1. The number of benzene rings is 1. The minimum Gasteiger partial charge on any atom is -0.454 e. The highest BCUT2D eigenvalue weighted by atomic mass is 32.2. The van der Waals surface area contributed by atoms with E-state index in [2.05, 4.69) is 22.1 Å². The van der Waals surface area contributed by atoms with Crippen molar-refractivity contribution in [3.63, 3.8) is 0 Å². The predicted octanol–water partition coefficient (Wildman–Crippen LogP) is 3.49. The van der Waals surface area contributed by atoms with Crippen LogP contribution >= 0.6 is 11.3 Å². The smallest absolute Gasteiger partial charge is 0.291 e. The Hall–Kier alpha value is -3.18. The SMILES string of the molecule is CS(=O)(=O)C1(c2ccc(C(=O)NC3=C=C(c4nc5ccc(C#N)cc5s4)C3)o2)CC1. The Bertz CT molecular complexity index is 1440. The number of sulfone groups is 1. The van der Waals surface area contributed by atoms with Crippen LogP contribution in [0, 0.1) is 11.3 Å². The Kier molecular flexibility index (Phi) is 4.02. The maximum atomic E-state index is 12.4. The van der Waals surface area contributed by atoms with E-state index in [1.807, 2.05) is 6.07 Å². The second-order valence-electron chi connectivity index (χ2n) is 7.46. The van der Waals surface area contributed by atoms with Gasteiger partial charge in [0.25, 0.3) is 5.91 Å². The lowest BCUT2D eigenvalue weighted by Gasteiger charge is -2.14. The summed E-state index contributed by atoms with van der Waals surface area (Å²) in [5.41, 5.74) is 6.03. The Morgan fingerprint density at radius 3 is 2.77 bits per heavy atom. The monoisotopic (exact) mass is 437 g/mol. The molecule has 7 nitrogen and oxygen atoms in total. The summed E-state index contributed by atoms with van der Waals surface area (Å²) in [4.78, 5) is 17.0. The van der Waals surface area contributed by atoms with Gasteiger partial charge in [0.05, 0.1) is 27.5 Å². The first-order valence-electron chi connectivity index (χ1n) is 9.20. The molecule has 2 aliphatic carbocycles. The van der Waals surface area contributed by atoms with Gasteiger partial charge >= 0.3 is 0 Å². The van der Waals surface area contributed by atoms with E-state index >= 15 is 0 Å². The number of thiazole rings is 1. The van der Waals surface area contributed by atoms with Crippen molar-refractivity contribution in [2.45, 2.75) is 24.0 Å². The number of hydrogen-bond donors (Lipinski definition) is 1. The standard InChI is InChI=1S/C21H15N3O4S2/c1-30(26,27)21(6-7-21)18-5-4-16(28-18)19(25)23-14-9-13(10-14)20-24-15-3-2-12(11-22)8-17(15)29-20/h2-5,8H,6-7,9H2,1H3,(H,23,25). The third-order valence-electron chi connectivity index (χ3n) is 5.39. The van der Waals surface area contributed by atoms with Crippen molar-refractivity contribution in [3.8, 4) is 6.07 Å². The molecule has 0 spiro atoms. The average Bonchev–Trinajstić information content (AvgIpc) is 3.18. The van der Waals surface area contributed by atoms with Crippen molar-refractivity contribution in [1.82, 2.24) is 10.3 Å². The zero-order valence-corrected chi connectivity index (χ0v) is 17.5. The normalized spacial score (nSPS) is 16.9. The van der Waals surface area contributed by atoms with Gasteiger partial charge < -0.3 is 9.73 Å². The number of hydrogen-bond acceptors (Lipinski definition) is 7. The predicted molar refractivity (Wildman–Crippen MR) is 111 cm³/mol. The molecule has 9 heteroatoms. The molecule has 30 heavy (non-hydrogen) atoms. The molecule has 150 valence electrons. The lowest BCUT2D eigenvalue weighted by molar-refractivity contribution is 0.0935. The molecule has 1 aromatic carbocycles. The molecule has 1 N–H and O–H groups in total. The number of furan rings is 1. The molecule has 1 amide bonds. The van der Waals surface area contributed by atoms with E-state index in [0.717, 1.165) is 20.8 Å². The highest BCUT2D eigenvalue weighted by Gasteiger charge is 2.56. The van der Waals surface area contributed by atoms with E-state index in [1.54, 1.807) is 18.2 Å². The van der Waals surface area contributed by atoms with Gasteiger partial charge in [0.15, 0.2) is 15.6 Å². The lowest BCUT2D eigenvalue weighted by Crippen LogP contribution is -2.24. The molecule has 0 aliphatic heterocycles. The lowest BCUT2D eigenvalue weighted by atomic mass is 10.0. The molecule has 2 heterocycles. The summed E-state index contributed by atoms with van der Waals surface area (Å²) in [6, 6.07) is 10.5. The topological polar surface area (TPSA) is 113 Å². The zero-order valence-electron chi connectivity index (χ0n) is 15.9. The van der Waals surface area contributed by atoms with Crippen molar-refractivity contribution in [2.24, 2.45) is 0 Å². The third kappa shape index (κ3) is 2.97. The van der Waals surface area contributed by atoms with E-state index in [4.69, 9.17) is 9.68 Å². The summed E-state index contributed by atoms with van der Waals surface area (Å²) in [6.07, 6.45) is 2.72. The number of fused-ring (bicyclic) bond motifs is 1. The maximum absolute atomic E-state index is 12.4. The number of aromatic nitrogens is 1. The molecule has 2 aromatic heterocycles. The molecule has 1 saturated carbocycles. The first kappa shape index (κ1) is 18.8. The van der Waals surface area contributed by atoms with Crippen LogP contribution in [0.4, 0.5) is 0 Å². The number of nitrogens with one attached hydrogen (secondary N) is 1. The van der Waals surface area contributed by atoms with Gasteiger partial charge in [-0.3, -0.25) is 4.79 Å². The number of nitriles is 1. The average molecular weight is 438 g/mol. The Morgan fingerprint density at radius 2 is 2.10 bits per heavy atom. The maximum Gasteiger partial charge on any atom is 0.291 e. The third-order valence-corrected chi connectivity index (χ3v) is 8.50. The molecule has 2 aliphatic rings. The minimum absolute atomic E-state index is 0.0756. The first-order valence-corrected chi connectivity index (χ1v) is 11.9. The molecule has 0 radical (unpaired) electrons. The van der Waals surface area contributed by atoms with Crippen molar-refractivity contribution in [1.29, 1.82) is 5.26 Å². The quantitative estimate of drug-likeness (QED) is 0.611. The van der Waals surface area contributed by atoms with E-state index in [0.29, 0.717) is 36.3 Å². The fourth-order valence-corrected chi connectivity index (χ4v) is 5.81. The zero-order chi connectivity index (χ0) is 21.1. The fourth-order valence-electron chi connectivity index (χ4n) is 3.49. The molecule has 3 aromatic rings. The first-order chi connectivity index (χ1) is 14.3. The van der Waals surface area contributed by atoms with Gasteiger partial charge in [-0.25, -0.2) is 13.4 Å². The Balaban J connectivity index is 1.34. The van der Waals surface area contributed by atoms with E-state index in [9.17, 15) is 13.2 Å². The van der Waals surface area contributed by atoms with Gasteiger partial charge in [-0.2, -0.15) is 5.26 Å². The minimum atomic E-state index is -3.30. The summed E-state index contributed by atoms with van der Waals surface area (Å²) < 4.78 is 29.5. The number of rotatable bonds is 5. The van der Waals surface area contributed by atoms with Gasteiger partial charge in [0.1, 0.15) is 15.5 Å².